The molecule has 0 heterocycles. The summed E-state index contributed by atoms with van der Waals surface area (Å²) in [5.41, 5.74) is -0.709. The summed E-state index contributed by atoms with van der Waals surface area (Å²) in [5, 5.41) is 25.1. The quantitative estimate of drug-likeness (QED) is 0.381. The number of hydrogen-bond donors (Lipinski definition) is 4. The van der Waals surface area contributed by atoms with E-state index >= 15 is 0 Å². The fourth-order valence-electron chi connectivity index (χ4n) is 4.68. The van der Waals surface area contributed by atoms with E-state index in [0.29, 0.717) is 24.1 Å². The summed E-state index contributed by atoms with van der Waals surface area (Å²) in [5.74, 6) is -3.76. The first kappa shape index (κ1) is 27.5. The minimum absolute atomic E-state index is 0.00892. The van der Waals surface area contributed by atoms with Crippen LogP contribution in [0, 0.1) is 16.7 Å². The van der Waals surface area contributed by atoms with E-state index in [1.165, 1.54) is 0 Å². The third-order valence-corrected chi connectivity index (χ3v) is 8.10. The molecule has 1 aliphatic carbocycles. The molecule has 10 heteroatoms. The number of nitrogens with one attached hydrogen (secondary N) is 2. The fraction of sp³-hybridized carbons (Fsp3) is 0.385. The van der Waals surface area contributed by atoms with Crippen LogP contribution in [0.25, 0.3) is 0 Å². The van der Waals surface area contributed by atoms with Gasteiger partial charge in [-0.2, -0.15) is 0 Å². The number of carbonyl (C=O) groups is 4. The molecule has 1 fully saturated rings. The minimum Gasteiger partial charge on any atom is -0.481 e. The smallest absolute Gasteiger partial charge is 0.326 e. The zero-order chi connectivity index (χ0) is 26.8. The number of rotatable bonds is 8. The van der Waals surface area contributed by atoms with Crippen LogP contribution in [0.2, 0.25) is 10.0 Å². The van der Waals surface area contributed by atoms with Crippen molar-refractivity contribution in [2.24, 2.45) is 16.7 Å². The molecule has 0 spiro atoms. The Bertz CT molecular complexity index is 1180. The Balaban J connectivity index is 1.68. The second-order valence-corrected chi connectivity index (χ2v) is 10.6. The van der Waals surface area contributed by atoms with Gasteiger partial charge in [0.2, 0.25) is 5.91 Å². The topological polar surface area (TPSA) is 133 Å². The van der Waals surface area contributed by atoms with E-state index < -0.39 is 46.5 Å². The van der Waals surface area contributed by atoms with Crippen LogP contribution in [0.5, 0.6) is 0 Å². The van der Waals surface area contributed by atoms with Crippen molar-refractivity contribution in [1.82, 2.24) is 5.32 Å². The van der Waals surface area contributed by atoms with Crippen LogP contribution in [0.1, 0.15) is 49.5 Å². The van der Waals surface area contributed by atoms with Crippen LogP contribution < -0.4 is 10.6 Å². The van der Waals surface area contributed by atoms with Crippen LogP contribution >= 0.6 is 23.2 Å². The van der Waals surface area contributed by atoms with Gasteiger partial charge in [0, 0.05) is 18.0 Å². The third kappa shape index (κ3) is 5.34. The second kappa shape index (κ2) is 10.5. The van der Waals surface area contributed by atoms with Crippen molar-refractivity contribution in [3.63, 3.8) is 0 Å². The molecule has 8 nitrogen and oxygen atoms in total. The van der Waals surface area contributed by atoms with Crippen molar-refractivity contribution >= 4 is 52.6 Å². The molecule has 0 bridgehead atoms. The molecule has 0 aliphatic heterocycles. The van der Waals surface area contributed by atoms with Gasteiger partial charge in [-0.05, 0) is 55.0 Å². The molecule has 0 aromatic heterocycles. The number of aliphatic carboxylic acids is 2. The lowest BCUT2D eigenvalue weighted by atomic mass is 9.65. The molecule has 2 aromatic carbocycles. The maximum atomic E-state index is 13.0. The molecule has 0 saturated heterocycles. The van der Waals surface area contributed by atoms with E-state index in [2.05, 4.69) is 10.6 Å². The monoisotopic (exact) mass is 534 g/mol. The standard InChI is InChI=1S/C26H28Cl2N2O6/c1-25(2)16(11-12-26(25,3)24(35)36)21(31)30-19(23(33)34)13-14-7-9-15(10-8-14)29-22(32)20-17(27)5-4-6-18(20)28/h4-10,16,19H,11-13H2,1-3H3,(H,29,32)(H,30,31)(H,33,34)(H,35,36)/t16-,19?,26-/m1/s1. The number of amides is 2. The highest BCUT2D eigenvalue weighted by Crippen LogP contribution is 2.56. The number of carboxylic acids is 2. The van der Waals surface area contributed by atoms with Gasteiger partial charge in [0.1, 0.15) is 6.04 Å². The SMILES string of the molecule is CC1(C)[C@@H](C(=O)NC(Cc2ccc(NC(=O)c3c(Cl)cccc3Cl)cc2)C(=O)O)CC[C@]1(C)C(=O)O. The van der Waals surface area contributed by atoms with E-state index in [9.17, 15) is 29.4 Å². The van der Waals surface area contributed by atoms with Gasteiger partial charge in [-0.1, -0.05) is 55.2 Å². The van der Waals surface area contributed by atoms with Crippen LogP contribution in [0.3, 0.4) is 0 Å². The Morgan fingerprint density at radius 3 is 2.08 bits per heavy atom. The van der Waals surface area contributed by atoms with Crippen molar-refractivity contribution < 1.29 is 29.4 Å². The molecule has 36 heavy (non-hydrogen) atoms. The molecule has 1 saturated carbocycles. The Labute approximate surface area is 219 Å². The largest absolute Gasteiger partial charge is 0.481 e. The van der Waals surface area contributed by atoms with E-state index in [1.807, 2.05) is 0 Å². The highest BCUT2D eigenvalue weighted by molar-refractivity contribution is 6.40. The van der Waals surface area contributed by atoms with Crippen LogP contribution in [-0.2, 0) is 20.8 Å². The lowest BCUT2D eigenvalue weighted by Crippen LogP contribution is -2.49. The summed E-state index contributed by atoms with van der Waals surface area (Å²) in [6.45, 7) is 5.09. The van der Waals surface area contributed by atoms with Gasteiger partial charge < -0.3 is 20.8 Å². The summed E-state index contributed by atoms with van der Waals surface area (Å²) < 4.78 is 0. The minimum atomic E-state index is -1.20. The number of anilines is 1. The lowest BCUT2D eigenvalue weighted by molar-refractivity contribution is -0.155. The molecule has 1 unspecified atom stereocenters. The third-order valence-electron chi connectivity index (χ3n) is 7.47. The van der Waals surface area contributed by atoms with Gasteiger partial charge in [0.05, 0.1) is 21.0 Å². The van der Waals surface area contributed by atoms with Crippen molar-refractivity contribution in [3.8, 4) is 0 Å². The predicted octanol–water partition coefficient (Wildman–Crippen LogP) is 4.88. The maximum absolute atomic E-state index is 13.0. The van der Waals surface area contributed by atoms with Gasteiger partial charge in [-0.15, -0.1) is 0 Å². The number of hydrogen-bond acceptors (Lipinski definition) is 4. The van der Waals surface area contributed by atoms with E-state index in [1.54, 1.807) is 63.2 Å². The van der Waals surface area contributed by atoms with Crippen molar-refractivity contribution in [3.05, 3.63) is 63.6 Å². The summed E-state index contributed by atoms with van der Waals surface area (Å²) in [6.07, 6.45) is 0.699. The Morgan fingerprint density at radius 2 is 1.58 bits per heavy atom. The van der Waals surface area contributed by atoms with E-state index in [-0.39, 0.29) is 22.0 Å². The second-order valence-electron chi connectivity index (χ2n) is 9.80. The van der Waals surface area contributed by atoms with Gasteiger partial charge in [0.15, 0.2) is 0 Å². The normalized spacial score (nSPS) is 21.4. The summed E-state index contributed by atoms with van der Waals surface area (Å²) >= 11 is 12.2. The molecule has 2 amide bonds. The molecule has 3 atom stereocenters. The summed E-state index contributed by atoms with van der Waals surface area (Å²) in [7, 11) is 0. The first-order valence-corrected chi connectivity index (χ1v) is 12.1. The first-order chi connectivity index (χ1) is 16.8. The molecule has 4 N–H and O–H groups in total. The summed E-state index contributed by atoms with van der Waals surface area (Å²) in [6, 6.07) is 10.1. The Kier molecular flexibility index (Phi) is 8.00. The molecule has 192 valence electrons. The zero-order valence-electron chi connectivity index (χ0n) is 20.1. The van der Waals surface area contributed by atoms with Crippen molar-refractivity contribution in [2.75, 3.05) is 5.32 Å². The molecule has 3 rings (SSSR count). The fourth-order valence-corrected chi connectivity index (χ4v) is 5.25. The lowest BCUT2D eigenvalue weighted by Gasteiger charge is -2.38. The van der Waals surface area contributed by atoms with Crippen molar-refractivity contribution in [2.45, 2.75) is 46.1 Å². The average molecular weight is 535 g/mol. The van der Waals surface area contributed by atoms with E-state index in [4.69, 9.17) is 23.2 Å². The number of carbonyl (C=O) groups excluding carboxylic acids is 2. The first-order valence-electron chi connectivity index (χ1n) is 11.4. The predicted molar refractivity (Wildman–Crippen MR) is 136 cm³/mol. The van der Waals surface area contributed by atoms with Gasteiger partial charge >= 0.3 is 11.9 Å². The Morgan fingerprint density at radius 1 is 1.00 bits per heavy atom. The number of carboxylic acid groups (broad SMARTS) is 2. The number of benzene rings is 2. The highest BCUT2D eigenvalue weighted by atomic mass is 35.5. The Hall–Kier alpha value is -3.10. The molecule has 0 radical (unpaired) electrons. The van der Waals surface area contributed by atoms with E-state index in [0.717, 1.165) is 0 Å². The van der Waals surface area contributed by atoms with Crippen LogP contribution in [-0.4, -0.2) is 40.0 Å². The molecule has 2 aromatic rings. The number of halogens is 2. The molecular formula is C26H28Cl2N2O6. The molecule has 1 aliphatic rings. The van der Waals surface area contributed by atoms with Gasteiger partial charge in [0.25, 0.3) is 5.91 Å². The van der Waals surface area contributed by atoms with Gasteiger partial charge in [-0.25, -0.2) is 4.79 Å². The van der Waals surface area contributed by atoms with Crippen molar-refractivity contribution in [1.29, 1.82) is 0 Å². The van der Waals surface area contributed by atoms with Crippen LogP contribution in [0.4, 0.5) is 5.69 Å². The molecular weight excluding hydrogens is 507 g/mol. The summed E-state index contributed by atoms with van der Waals surface area (Å²) in [4.78, 5) is 49.3. The maximum Gasteiger partial charge on any atom is 0.326 e. The highest BCUT2D eigenvalue weighted by Gasteiger charge is 2.58. The van der Waals surface area contributed by atoms with Gasteiger partial charge in [-0.3, -0.25) is 14.4 Å². The average Bonchev–Trinajstić information content (AvgIpc) is 3.04. The zero-order valence-corrected chi connectivity index (χ0v) is 21.6. The van der Waals surface area contributed by atoms with Crippen LogP contribution in [0.15, 0.2) is 42.5 Å².